The number of carbonyl (C=O) groups excluding carboxylic acids is 2. The summed E-state index contributed by atoms with van der Waals surface area (Å²) < 4.78 is 11.7. The Bertz CT molecular complexity index is 731. The molecule has 6 heteroatoms. The average molecular weight is 358 g/mol. The number of hydrogen-bond donors (Lipinski definition) is 0. The van der Waals surface area contributed by atoms with Gasteiger partial charge in [-0.25, -0.2) is 0 Å². The van der Waals surface area contributed by atoms with E-state index in [1.165, 1.54) is 0 Å². The Balaban J connectivity index is 1.26. The van der Waals surface area contributed by atoms with Crippen LogP contribution < -0.4 is 0 Å². The van der Waals surface area contributed by atoms with E-state index in [-0.39, 0.29) is 17.7 Å². The monoisotopic (exact) mass is 358 g/mol. The molecule has 140 valence electrons. The van der Waals surface area contributed by atoms with Crippen molar-refractivity contribution in [3.8, 4) is 0 Å². The minimum atomic E-state index is -0.417. The quantitative estimate of drug-likeness (QED) is 0.827. The molecule has 2 aliphatic heterocycles. The predicted octanol–water partition coefficient (Wildman–Crippen LogP) is 1.84. The molecule has 0 unspecified atom stereocenters. The fraction of sp³-hybridized carbons (Fsp3) is 0.700. The highest BCUT2D eigenvalue weighted by atomic mass is 16.5. The van der Waals surface area contributed by atoms with Crippen LogP contribution in [-0.4, -0.2) is 59.0 Å². The van der Waals surface area contributed by atoms with Crippen molar-refractivity contribution in [3.63, 3.8) is 0 Å². The van der Waals surface area contributed by atoms with E-state index in [9.17, 15) is 9.59 Å². The average Bonchev–Trinajstić information content (AvgIpc) is 2.92. The first-order chi connectivity index (χ1) is 12.3. The topological polar surface area (TPSA) is 63.0 Å². The van der Waals surface area contributed by atoms with Crippen LogP contribution in [-0.2, 0) is 20.7 Å². The number of hydrogen-bond acceptors (Lipinski definition) is 4. The first-order valence-corrected chi connectivity index (χ1v) is 9.58. The molecule has 2 saturated heterocycles. The molecular formula is C20H26N2O4. The largest absolute Gasteiger partial charge is 0.469 e. The molecule has 26 heavy (non-hydrogen) atoms. The van der Waals surface area contributed by atoms with Crippen LogP contribution in [0.25, 0.3) is 0 Å². The van der Waals surface area contributed by atoms with E-state index in [4.69, 9.17) is 9.15 Å². The van der Waals surface area contributed by atoms with E-state index in [1.54, 1.807) is 12.3 Å². The Morgan fingerprint density at radius 1 is 1.12 bits per heavy atom. The van der Waals surface area contributed by atoms with Gasteiger partial charge in [-0.2, -0.15) is 0 Å². The van der Waals surface area contributed by atoms with Crippen LogP contribution in [0.5, 0.6) is 0 Å². The van der Waals surface area contributed by atoms with Gasteiger partial charge in [0.15, 0.2) is 0 Å². The van der Waals surface area contributed by atoms with Crippen molar-refractivity contribution in [2.45, 2.75) is 50.7 Å². The number of morpholine rings is 1. The third-order valence-electron chi connectivity index (χ3n) is 6.54. The van der Waals surface area contributed by atoms with Gasteiger partial charge in [0.25, 0.3) is 0 Å². The number of rotatable bonds is 3. The third-order valence-corrected chi connectivity index (χ3v) is 6.54. The molecule has 1 spiro atoms. The Labute approximate surface area is 153 Å². The molecule has 2 bridgehead atoms. The second-order valence-corrected chi connectivity index (χ2v) is 9.47. The number of furan rings is 1. The summed E-state index contributed by atoms with van der Waals surface area (Å²) in [5.74, 6) is 1.85. The molecule has 1 aromatic rings. The van der Waals surface area contributed by atoms with Gasteiger partial charge < -0.3 is 19.0 Å². The molecule has 0 atom stereocenters. The zero-order valence-corrected chi connectivity index (χ0v) is 15.5. The maximum atomic E-state index is 12.8. The van der Waals surface area contributed by atoms with Crippen LogP contribution >= 0.6 is 0 Å². The van der Waals surface area contributed by atoms with Crippen LogP contribution in [0.4, 0.5) is 0 Å². The SMILES string of the molecule is CC1(C)CN(C(=O)Cc2ccco2)CC2(CN(C(=O)C34CC(C3)C4)C2)O1. The molecule has 0 radical (unpaired) electrons. The molecule has 0 N–H and O–H groups in total. The summed E-state index contributed by atoms with van der Waals surface area (Å²) in [6.45, 7) is 6.36. The van der Waals surface area contributed by atoms with Crippen LogP contribution in [0.15, 0.2) is 22.8 Å². The normalized spacial score (nSPS) is 33.2. The van der Waals surface area contributed by atoms with Gasteiger partial charge in [-0.3, -0.25) is 9.59 Å². The maximum absolute atomic E-state index is 12.8. The summed E-state index contributed by atoms with van der Waals surface area (Å²) in [6, 6.07) is 3.63. The van der Waals surface area contributed by atoms with E-state index in [0.717, 1.165) is 25.2 Å². The molecule has 0 aromatic carbocycles. The molecule has 1 aromatic heterocycles. The van der Waals surface area contributed by atoms with Crippen LogP contribution in [0.2, 0.25) is 0 Å². The van der Waals surface area contributed by atoms with Gasteiger partial charge in [0.2, 0.25) is 11.8 Å². The van der Waals surface area contributed by atoms with Gasteiger partial charge in [-0.15, -0.1) is 0 Å². The molecule has 5 fully saturated rings. The fourth-order valence-corrected chi connectivity index (χ4v) is 5.40. The lowest BCUT2D eigenvalue weighted by molar-refractivity contribution is -0.252. The summed E-state index contributed by atoms with van der Waals surface area (Å²) in [7, 11) is 0. The number of carbonyl (C=O) groups is 2. The van der Waals surface area contributed by atoms with Crippen molar-refractivity contribution in [1.82, 2.24) is 9.80 Å². The number of ether oxygens (including phenoxy) is 1. The van der Waals surface area contributed by atoms with Crippen LogP contribution in [0, 0.1) is 11.3 Å². The van der Waals surface area contributed by atoms with Crippen LogP contribution in [0.1, 0.15) is 38.9 Å². The molecule has 3 aliphatic carbocycles. The lowest BCUT2D eigenvalue weighted by Gasteiger charge is -2.65. The first-order valence-electron chi connectivity index (χ1n) is 9.58. The minimum absolute atomic E-state index is 0.0365. The van der Waals surface area contributed by atoms with E-state index in [1.807, 2.05) is 29.7 Å². The maximum Gasteiger partial charge on any atom is 0.230 e. The Hall–Kier alpha value is -1.82. The van der Waals surface area contributed by atoms with Crippen molar-refractivity contribution in [3.05, 3.63) is 24.2 Å². The number of amides is 2. The highest BCUT2D eigenvalue weighted by Gasteiger charge is 2.65. The molecule has 6 nitrogen and oxygen atoms in total. The van der Waals surface area contributed by atoms with Gasteiger partial charge >= 0.3 is 0 Å². The smallest absolute Gasteiger partial charge is 0.230 e. The molecular weight excluding hydrogens is 332 g/mol. The third kappa shape index (κ3) is 2.42. The summed E-state index contributed by atoms with van der Waals surface area (Å²) >= 11 is 0. The van der Waals surface area contributed by atoms with Gasteiger partial charge in [-0.05, 0) is 51.2 Å². The second-order valence-electron chi connectivity index (χ2n) is 9.47. The van der Waals surface area contributed by atoms with Gasteiger partial charge in [0, 0.05) is 6.54 Å². The van der Waals surface area contributed by atoms with Crippen LogP contribution in [0.3, 0.4) is 0 Å². The predicted molar refractivity (Wildman–Crippen MR) is 93.2 cm³/mol. The van der Waals surface area contributed by atoms with E-state index in [2.05, 4.69) is 0 Å². The fourth-order valence-electron chi connectivity index (χ4n) is 5.40. The van der Waals surface area contributed by atoms with Crippen molar-refractivity contribution in [2.75, 3.05) is 26.2 Å². The van der Waals surface area contributed by atoms with Crippen molar-refractivity contribution < 1.29 is 18.7 Å². The standard InChI is InChI=1S/C20H26N2O4/c1-18(2)10-21(16(23)6-15-4-3-5-25-15)11-20(26-18)12-22(13-20)17(24)19-7-14(8-19)9-19/h3-5,14H,6-13H2,1-2H3. The van der Waals surface area contributed by atoms with E-state index >= 15 is 0 Å². The van der Waals surface area contributed by atoms with E-state index in [0.29, 0.717) is 37.8 Å². The van der Waals surface area contributed by atoms with Crippen molar-refractivity contribution in [1.29, 1.82) is 0 Å². The van der Waals surface area contributed by atoms with Gasteiger partial charge in [0.05, 0.1) is 43.3 Å². The molecule has 3 saturated carbocycles. The van der Waals surface area contributed by atoms with Crippen molar-refractivity contribution in [2.24, 2.45) is 11.3 Å². The van der Waals surface area contributed by atoms with E-state index < -0.39 is 11.2 Å². The van der Waals surface area contributed by atoms with Gasteiger partial charge in [0.1, 0.15) is 11.4 Å². The lowest BCUT2D eigenvalue weighted by Crippen LogP contribution is -2.77. The lowest BCUT2D eigenvalue weighted by atomic mass is 9.44. The molecule has 3 heterocycles. The number of nitrogens with zero attached hydrogens (tertiary/aromatic N) is 2. The molecule has 6 rings (SSSR count). The Morgan fingerprint density at radius 3 is 2.38 bits per heavy atom. The summed E-state index contributed by atoms with van der Waals surface area (Å²) in [4.78, 5) is 29.3. The zero-order valence-electron chi connectivity index (χ0n) is 15.5. The van der Waals surface area contributed by atoms with Crippen molar-refractivity contribution >= 4 is 11.8 Å². The second kappa shape index (κ2) is 5.12. The zero-order chi connectivity index (χ0) is 18.2. The first kappa shape index (κ1) is 16.4. The Kier molecular flexibility index (Phi) is 3.22. The number of likely N-dealkylation sites (tertiary alicyclic amines) is 1. The highest BCUT2D eigenvalue weighted by Crippen LogP contribution is 2.65. The molecule has 5 aliphatic rings. The van der Waals surface area contributed by atoms with Gasteiger partial charge in [-0.1, -0.05) is 0 Å². The summed E-state index contributed by atoms with van der Waals surface area (Å²) in [5.41, 5.74) is -0.868. The minimum Gasteiger partial charge on any atom is -0.469 e. The highest BCUT2D eigenvalue weighted by molar-refractivity contribution is 5.87. The summed E-state index contributed by atoms with van der Waals surface area (Å²) in [5, 5.41) is 0. The summed E-state index contributed by atoms with van der Waals surface area (Å²) in [6.07, 6.45) is 5.10. The molecule has 2 amide bonds. The Morgan fingerprint density at radius 2 is 1.81 bits per heavy atom.